The molecule has 1 aliphatic heterocycles. The average Bonchev–Trinajstić information content (AvgIpc) is 2.74. The number of benzene rings is 1. The molecule has 1 aromatic rings. The molecule has 0 bridgehead atoms. The summed E-state index contributed by atoms with van der Waals surface area (Å²) in [5.41, 5.74) is -1.90. The Labute approximate surface area is 151 Å². The fraction of sp³-hybridized carbons (Fsp3) is 0.647. The van der Waals surface area contributed by atoms with Crippen molar-refractivity contribution in [1.29, 1.82) is 0 Å². The minimum absolute atomic E-state index is 0.226. The third-order valence-corrected chi connectivity index (χ3v) is 4.56. The Morgan fingerprint density at radius 3 is 2.19 bits per heavy atom. The summed E-state index contributed by atoms with van der Waals surface area (Å²) in [5, 5.41) is 0. The molecule has 2 rings (SSSR count). The summed E-state index contributed by atoms with van der Waals surface area (Å²) in [7, 11) is 0.619. The zero-order chi connectivity index (χ0) is 19.6. The molecule has 1 aliphatic rings. The van der Waals surface area contributed by atoms with Gasteiger partial charge in [0.1, 0.15) is 5.75 Å². The highest BCUT2D eigenvalue weighted by atomic mass is 19.4. The monoisotopic (exact) mass is 376 g/mol. The number of rotatable bonds is 7. The van der Waals surface area contributed by atoms with E-state index in [0.29, 0.717) is 6.61 Å². The van der Waals surface area contributed by atoms with Crippen LogP contribution in [0.15, 0.2) is 18.2 Å². The lowest BCUT2D eigenvalue weighted by Crippen LogP contribution is -2.41. The zero-order valence-corrected chi connectivity index (χ0v) is 15.6. The number of alkyl halides is 3. The van der Waals surface area contributed by atoms with Gasteiger partial charge in [0, 0.05) is 7.11 Å². The predicted molar refractivity (Wildman–Crippen MR) is 90.5 cm³/mol. The van der Waals surface area contributed by atoms with E-state index in [0.717, 1.165) is 6.07 Å². The largest absolute Gasteiger partial charge is 0.494 e. The molecule has 26 heavy (non-hydrogen) atoms. The first-order valence-corrected chi connectivity index (χ1v) is 8.24. The highest BCUT2D eigenvalue weighted by Crippen LogP contribution is 2.39. The van der Waals surface area contributed by atoms with Crippen LogP contribution in [-0.4, -0.2) is 45.4 Å². The second-order valence-electron chi connectivity index (χ2n) is 7.00. The summed E-state index contributed by atoms with van der Waals surface area (Å²) in [4.78, 5) is 0. The number of hydrogen-bond donors (Lipinski definition) is 0. The van der Waals surface area contributed by atoms with E-state index in [2.05, 4.69) is 0 Å². The van der Waals surface area contributed by atoms with E-state index in [9.17, 15) is 13.2 Å². The number of hydrogen-bond acceptors (Lipinski definition) is 5. The average molecular weight is 376 g/mol. The molecular weight excluding hydrogens is 352 g/mol. The Bertz CT molecular complexity index is 603. The van der Waals surface area contributed by atoms with Crippen LogP contribution in [0.1, 0.15) is 33.3 Å². The summed E-state index contributed by atoms with van der Waals surface area (Å²) in [6.45, 7) is 7.61. The smallest absolute Gasteiger partial charge is 0.467 e. The molecule has 0 radical (unpaired) electrons. The minimum atomic E-state index is -4.58. The Morgan fingerprint density at radius 2 is 1.65 bits per heavy atom. The van der Waals surface area contributed by atoms with Gasteiger partial charge >= 0.3 is 13.3 Å². The number of ether oxygens (including phenoxy) is 3. The molecule has 1 fully saturated rings. The molecule has 9 heteroatoms. The lowest BCUT2D eigenvalue weighted by molar-refractivity contribution is -0.139. The van der Waals surface area contributed by atoms with Crippen LogP contribution < -0.4 is 10.2 Å². The third kappa shape index (κ3) is 4.70. The molecule has 0 aromatic heterocycles. The van der Waals surface area contributed by atoms with E-state index in [1.165, 1.54) is 19.2 Å². The van der Waals surface area contributed by atoms with Crippen LogP contribution in [0, 0.1) is 0 Å². The normalized spacial score (nSPS) is 19.0. The first-order valence-electron chi connectivity index (χ1n) is 8.24. The lowest BCUT2D eigenvalue weighted by Gasteiger charge is -2.32. The van der Waals surface area contributed by atoms with Crippen molar-refractivity contribution in [2.45, 2.75) is 45.1 Å². The van der Waals surface area contributed by atoms with Crippen molar-refractivity contribution in [1.82, 2.24) is 0 Å². The highest BCUT2D eigenvalue weighted by molar-refractivity contribution is 6.62. The fourth-order valence-electron chi connectivity index (χ4n) is 2.33. The molecule has 0 atom stereocenters. The van der Waals surface area contributed by atoms with Gasteiger partial charge in [-0.3, -0.25) is 0 Å². The summed E-state index contributed by atoms with van der Waals surface area (Å²) in [5.74, 6) is -0.310. The molecule has 0 spiro atoms. The van der Waals surface area contributed by atoms with Gasteiger partial charge in [-0.25, -0.2) is 0 Å². The molecule has 1 heterocycles. The van der Waals surface area contributed by atoms with E-state index in [1.807, 2.05) is 27.7 Å². The van der Waals surface area contributed by atoms with E-state index in [4.69, 9.17) is 23.5 Å². The fourth-order valence-corrected chi connectivity index (χ4v) is 2.33. The van der Waals surface area contributed by atoms with E-state index in [-0.39, 0.29) is 24.6 Å². The van der Waals surface area contributed by atoms with Crippen LogP contribution in [0.25, 0.3) is 0 Å². The quantitative estimate of drug-likeness (QED) is 0.416. The Kier molecular flexibility index (Phi) is 6.27. The molecule has 0 unspecified atom stereocenters. The Morgan fingerprint density at radius 1 is 1.04 bits per heavy atom. The van der Waals surface area contributed by atoms with Gasteiger partial charge in [0.25, 0.3) is 0 Å². The van der Waals surface area contributed by atoms with E-state index in [1.54, 1.807) is 0 Å². The highest BCUT2D eigenvalue weighted by Gasteiger charge is 2.52. The van der Waals surface area contributed by atoms with Gasteiger partial charge in [0.2, 0.25) is 0 Å². The van der Waals surface area contributed by atoms with Crippen LogP contribution in [-0.2, 0) is 25.0 Å². The molecule has 5 nitrogen and oxygen atoms in total. The number of halogens is 3. The second kappa shape index (κ2) is 7.76. The molecule has 0 aliphatic carbocycles. The van der Waals surface area contributed by atoms with Crippen LogP contribution in [0.4, 0.5) is 13.2 Å². The van der Waals surface area contributed by atoms with Gasteiger partial charge in [-0.15, -0.1) is 0 Å². The van der Waals surface area contributed by atoms with Gasteiger partial charge in [-0.1, -0.05) is 6.07 Å². The second-order valence-corrected chi connectivity index (χ2v) is 7.00. The van der Waals surface area contributed by atoms with Gasteiger partial charge < -0.3 is 23.5 Å². The first kappa shape index (κ1) is 21.0. The van der Waals surface area contributed by atoms with Crippen molar-refractivity contribution < 1.29 is 36.7 Å². The molecule has 1 saturated heterocycles. The van der Waals surface area contributed by atoms with Crippen molar-refractivity contribution >= 4 is 12.6 Å². The molecular formula is C17H24BF3O5. The van der Waals surface area contributed by atoms with Crippen molar-refractivity contribution in [3.05, 3.63) is 23.8 Å². The van der Waals surface area contributed by atoms with Crippen LogP contribution >= 0.6 is 0 Å². The summed E-state index contributed by atoms with van der Waals surface area (Å²) >= 11 is 0. The summed E-state index contributed by atoms with van der Waals surface area (Å²) in [6, 6.07) is 3.75. The summed E-state index contributed by atoms with van der Waals surface area (Å²) in [6.07, 6.45) is -4.58. The van der Waals surface area contributed by atoms with Crippen molar-refractivity contribution in [2.24, 2.45) is 0 Å². The Balaban J connectivity index is 2.18. The van der Waals surface area contributed by atoms with Crippen molar-refractivity contribution in [3.8, 4) is 5.75 Å². The van der Waals surface area contributed by atoms with Crippen molar-refractivity contribution in [3.63, 3.8) is 0 Å². The Hall–Kier alpha value is -1.29. The van der Waals surface area contributed by atoms with Gasteiger partial charge in [-0.2, -0.15) is 13.2 Å². The predicted octanol–water partition coefficient (Wildman–Crippen LogP) is 3.00. The third-order valence-electron chi connectivity index (χ3n) is 4.56. The molecule has 0 amide bonds. The SMILES string of the molecule is COCCOCOc1ccc(B2OC(C)(C)C(C)(C)O2)cc1C(F)(F)F. The van der Waals surface area contributed by atoms with Crippen LogP contribution in [0.2, 0.25) is 0 Å². The van der Waals surface area contributed by atoms with Gasteiger partial charge in [0.15, 0.2) is 6.79 Å². The minimum Gasteiger partial charge on any atom is -0.467 e. The molecule has 0 saturated carbocycles. The molecule has 0 N–H and O–H groups in total. The van der Waals surface area contributed by atoms with Gasteiger partial charge in [0.05, 0.1) is 30.0 Å². The maximum absolute atomic E-state index is 13.4. The molecule has 1 aromatic carbocycles. The standard InChI is InChI=1S/C17H24BF3O5/c1-15(2)16(3,4)26-18(25-15)12-6-7-14(13(10-12)17(19,20)21)24-11-23-9-8-22-5/h6-7,10H,8-9,11H2,1-5H3. The van der Waals surface area contributed by atoms with Gasteiger partial charge in [-0.05, 0) is 45.3 Å². The van der Waals surface area contributed by atoms with Crippen molar-refractivity contribution in [2.75, 3.05) is 27.1 Å². The zero-order valence-electron chi connectivity index (χ0n) is 15.6. The molecule has 146 valence electrons. The van der Waals surface area contributed by atoms with E-state index < -0.39 is 30.1 Å². The first-order chi connectivity index (χ1) is 12.0. The number of methoxy groups -OCH3 is 1. The van der Waals surface area contributed by atoms with Crippen LogP contribution in [0.3, 0.4) is 0 Å². The topological polar surface area (TPSA) is 46.2 Å². The lowest BCUT2D eigenvalue weighted by atomic mass is 9.78. The summed E-state index contributed by atoms with van der Waals surface area (Å²) < 4.78 is 66.9. The maximum atomic E-state index is 13.4. The maximum Gasteiger partial charge on any atom is 0.494 e. The van der Waals surface area contributed by atoms with Crippen LogP contribution in [0.5, 0.6) is 5.75 Å². The van der Waals surface area contributed by atoms with E-state index >= 15 is 0 Å².